The van der Waals surface area contributed by atoms with E-state index in [0.29, 0.717) is 5.56 Å². The molecule has 1 aromatic heterocycles. The Morgan fingerprint density at radius 2 is 1.96 bits per heavy atom. The molecule has 128 valence electrons. The number of nitro groups is 1. The molecule has 1 heterocycles. The van der Waals surface area contributed by atoms with Crippen molar-refractivity contribution in [1.29, 1.82) is 0 Å². The van der Waals surface area contributed by atoms with Gasteiger partial charge in [0, 0.05) is 0 Å². The second kappa shape index (κ2) is 6.96. The number of carbonyl (C=O) groups is 1. The quantitative estimate of drug-likeness (QED) is 0.620. The third kappa shape index (κ3) is 3.70. The molecule has 8 heteroatoms. The van der Waals surface area contributed by atoms with Gasteiger partial charge in [0.1, 0.15) is 11.9 Å². The molecule has 1 amide bonds. The van der Waals surface area contributed by atoms with Crippen molar-refractivity contribution in [2.75, 3.05) is 5.32 Å². The lowest BCUT2D eigenvalue weighted by molar-refractivity contribution is -0.380. The lowest BCUT2D eigenvalue weighted by Crippen LogP contribution is -2.13. The molecule has 0 saturated carbocycles. The fourth-order valence-corrected chi connectivity index (χ4v) is 2.83. The Bertz CT molecular complexity index is 784. The van der Waals surface area contributed by atoms with Gasteiger partial charge in [-0.1, -0.05) is 33.8 Å². The highest BCUT2D eigenvalue weighted by atomic mass is 32.1. The van der Waals surface area contributed by atoms with Gasteiger partial charge in [-0.25, -0.2) is 4.98 Å². The first kappa shape index (κ1) is 17.9. The summed E-state index contributed by atoms with van der Waals surface area (Å²) in [7, 11) is 0. The Morgan fingerprint density at radius 3 is 2.46 bits per heavy atom. The van der Waals surface area contributed by atoms with Gasteiger partial charge in [-0.15, -0.1) is 0 Å². The Morgan fingerprint density at radius 1 is 1.29 bits per heavy atom. The van der Waals surface area contributed by atoms with Gasteiger partial charge in [0.05, 0.1) is 10.5 Å². The van der Waals surface area contributed by atoms with Crippen molar-refractivity contribution in [2.45, 2.75) is 39.5 Å². The van der Waals surface area contributed by atoms with Gasteiger partial charge in [0.25, 0.3) is 5.91 Å². The first-order valence-electron chi connectivity index (χ1n) is 7.49. The predicted molar refractivity (Wildman–Crippen MR) is 93.0 cm³/mol. The molecule has 0 saturated heterocycles. The molecule has 2 rings (SSSR count). The molecular formula is C16H19N3O4S. The summed E-state index contributed by atoms with van der Waals surface area (Å²) in [6, 6.07) is 3.54. The van der Waals surface area contributed by atoms with Crippen LogP contribution in [0.15, 0.2) is 18.3 Å². The van der Waals surface area contributed by atoms with E-state index in [0.717, 1.165) is 23.1 Å². The Balaban J connectivity index is 2.38. The molecule has 2 N–H and O–H groups in total. The number of nitrogens with one attached hydrogen (secondary N) is 1. The topological polar surface area (TPSA) is 105 Å². The number of phenolic OH excluding ortho intramolecular Hbond substituents is 1. The zero-order chi connectivity index (χ0) is 18.0. The molecule has 0 atom stereocenters. The van der Waals surface area contributed by atoms with E-state index in [1.54, 1.807) is 6.07 Å². The highest BCUT2D eigenvalue weighted by Crippen LogP contribution is 2.34. The highest BCUT2D eigenvalue weighted by Gasteiger charge is 2.21. The van der Waals surface area contributed by atoms with E-state index in [4.69, 9.17) is 0 Å². The molecule has 1 aromatic carbocycles. The van der Waals surface area contributed by atoms with Crippen molar-refractivity contribution < 1.29 is 14.8 Å². The molecule has 0 fully saturated rings. The van der Waals surface area contributed by atoms with Crippen molar-refractivity contribution in [2.24, 2.45) is 0 Å². The highest BCUT2D eigenvalue weighted by molar-refractivity contribution is 7.18. The van der Waals surface area contributed by atoms with Gasteiger partial charge in [-0.3, -0.25) is 20.2 Å². The molecule has 7 nitrogen and oxygen atoms in total. The minimum absolute atomic E-state index is 0.0520. The summed E-state index contributed by atoms with van der Waals surface area (Å²) in [5, 5.41) is 23.6. The summed E-state index contributed by atoms with van der Waals surface area (Å²) in [4.78, 5) is 26.4. The summed E-state index contributed by atoms with van der Waals surface area (Å²) in [6.07, 6.45) is 1.09. The second-order valence-corrected chi connectivity index (χ2v) is 7.04. The summed E-state index contributed by atoms with van der Waals surface area (Å²) in [6.45, 7) is 7.88. The summed E-state index contributed by atoms with van der Waals surface area (Å²) in [5.41, 5.74) is 1.77. The molecule has 0 aliphatic heterocycles. The first-order chi connectivity index (χ1) is 11.2. The third-order valence-corrected chi connectivity index (χ3v) is 4.45. The van der Waals surface area contributed by atoms with Gasteiger partial charge >= 0.3 is 5.00 Å². The van der Waals surface area contributed by atoms with E-state index in [1.807, 2.05) is 33.8 Å². The Hall–Kier alpha value is -2.48. The van der Waals surface area contributed by atoms with Crippen LogP contribution in [0.3, 0.4) is 0 Å². The van der Waals surface area contributed by atoms with E-state index < -0.39 is 10.8 Å². The zero-order valence-electron chi connectivity index (χ0n) is 13.9. The molecular weight excluding hydrogens is 330 g/mol. The van der Waals surface area contributed by atoms with E-state index in [9.17, 15) is 20.0 Å². The maximum absolute atomic E-state index is 12.5. The van der Waals surface area contributed by atoms with E-state index >= 15 is 0 Å². The van der Waals surface area contributed by atoms with Crippen molar-refractivity contribution in [1.82, 2.24) is 4.98 Å². The monoisotopic (exact) mass is 349 g/mol. The van der Waals surface area contributed by atoms with Crippen LogP contribution < -0.4 is 5.32 Å². The van der Waals surface area contributed by atoms with Gasteiger partial charge < -0.3 is 5.11 Å². The van der Waals surface area contributed by atoms with Crippen molar-refractivity contribution in [3.8, 4) is 5.75 Å². The lowest BCUT2D eigenvalue weighted by Gasteiger charge is -2.16. The predicted octanol–water partition coefficient (Wildman–Crippen LogP) is 4.26. The zero-order valence-corrected chi connectivity index (χ0v) is 14.7. The Kier molecular flexibility index (Phi) is 5.18. The van der Waals surface area contributed by atoms with Crippen molar-refractivity contribution in [3.05, 3.63) is 45.1 Å². The number of aromatic hydroxyl groups is 1. The molecule has 0 bridgehead atoms. The number of anilines is 1. The SMILES string of the molecule is CC(C)c1cc(C(=O)Nc2ncc([N+](=O)[O-])s2)c(O)c(C(C)C)c1. The van der Waals surface area contributed by atoms with E-state index in [1.165, 1.54) is 0 Å². The molecule has 2 aromatic rings. The fourth-order valence-electron chi connectivity index (χ4n) is 2.20. The third-order valence-electron chi connectivity index (χ3n) is 3.59. The van der Waals surface area contributed by atoms with Crippen LogP contribution in [0.5, 0.6) is 5.75 Å². The number of aromatic nitrogens is 1. The summed E-state index contributed by atoms with van der Waals surface area (Å²) in [5.74, 6) is -0.370. The average Bonchev–Trinajstić information content (AvgIpc) is 2.95. The van der Waals surface area contributed by atoms with E-state index in [-0.39, 0.29) is 33.3 Å². The Labute approximate surface area is 143 Å². The van der Waals surface area contributed by atoms with Crippen LogP contribution in [-0.2, 0) is 0 Å². The number of benzene rings is 1. The summed E-state index contributed by atoms with van der Waals surface area (Å²) >= 11 is 0.767. The second-order valence-electron chi connectivity index (χ2n) is 6.03. The van der Waals surface area contributed by atoms with Gasteiger partial charge in [0.2, 0.25) is 0 Å². The molecule has 0 unspecified atom stereocenters. The van der Waals surface area contributed by atoms with Gasteiger partial charge in [-0.05, 0) is 40.4 Å². The number of phenols is 1. The number of hydrogen-bond donors (Lipinski definition) is 2. The van der Waals surface area contributed by atoms with Crippen LogP contribution >= 0.6 is 11.3 Å². The largest absolute Gasteiger partial charge is 0.507 e. The standard InChI is InChI=1S/C16H19N3O4S/c1-8(2)10-5-11(9(3)4)14(20)12(6-10)15(21)18-16-17-7-13(24-16)19(22)23/h5-9,20H,1-4H3,(H,17,18,21). The normalized spacial score (nSPS) is 11.1. The van der Waals surface area contributed by atoms with Crippen LogP contribution in [0, 0.1) is 10.1 Å². The molecule has 24 heavy (non-hydrogen) atoms. The van der Waals surface area contributed by atoms with Crippen LogP contribution in [0.2, 0.25) is 0 Å². The van der Waals surface area contributed by atoms with Gasteiger partial charge in [0.15, 0.2) is 5.13 Å². The number of nitrogens with zero attached hydrogens (tertiary/aromatic N) is 2. The van der Waals surface area contributed by atoms with Crippen LogP contribution in [0.4, 0.5) is 10.1 Å². The number of rotatable bonds is 5. The van der Waals surface area contributed by atoms with E-state index in [2.05, 4.69) is 10.3 Å². The van der Waals surface area contributed by atoms with Gasteiger partial charge in [-0.2, -0.15) is 0 Å². The number of amides is 1. The van der Waals surface area contributed by atoms with Crippen molar-refractivity contribution in [3.63, 3.8) is 0 Å². The smallest absolute Gasteiger partial charge is 0.345 e. The van der Waals surface area contributed by atoms with Crippen LogP contribution in [-0.4, -0.2) is 20.9 Å². The minimum atomic E-state index is -0.568. The molecule has 0 spiro atoms. The number of thiazole rings is 1. The van der Waals surface area contributed by atoms with Crippen molar-refractivity contribution >= 4 is 27.4 Å². The molecule has 0 aliphatic carbocycles. The lowest BCUT2D eigenvalue weighted by atomic mass is 9.91. The average molecular weight is 349 g/mol. The van der Waals surface area contributed by atoms with Crippen LogP contribution in [0.25, 0.3) is 0 Å². The van der Waals surface area contributed by atoms with Crippen LogP contribution in [0.1, 0.15) is 61.0 Å². The first-order valence-corrected chi connectivity index (χ1v) is 8.30. The molecule has 0 radical (unpaired) electrons. The maximum atomic E-state index is 12.5. The maximum Gasteiger partial charge on any atom is 0.345 e. The molecule has 0 aliphatic rings. The summed E-state index contributed by atoms with van der Waals surface area (Å²) < 4.78 is 0. The number of carbonyl (C=O) groups excluding carboxylic acids is 1. The fraction of sp³-hybridized carbons (Fsp3) is 0.375. The number of hydrogen-bond acceptors (Lipinski definition) is 6. The minimum Gasteiger partial charge on any atom is -0.507 e.